The summed E-state index contributed by atoms with van der Waals surface area (Å²) in [5, 5.41) is 0. The van der Waals surface area contributed by atoms with Gasteiger partial charge in [0.2, 0.25) is 0 Å². The van der Waals surface area contributed by atoms with Gasteiger partial charge in [-0.05, 0) is 47.5 Å². The zero-order valence-electron chi connectivity index (χ0n) is 20.5. The number of aromatic nitrogens is 1. The van der Waals surface area contributed by atoms with Crippen LogP contribution < -0.4 is 0 Å². The molecule has 1 fully saturated rings. The summed E-state index contributed by atoms with van der Waals surface area (Å²) in [5.74, 6) is -1.81. The van der Waals surface area contributed by atoms with Crippen LogP contribution in [0.4, 0.5) is 8.78 Å². The Morgan fingerprint density at radius 1 is 0.868 bits per heavy atom. The molecule has 0 N–H and O–H groups in total. The van der Waals surface area contributed by atoms with E-state index < -0.39 is 27.8 Å². The fraction of sp³-hybridized carbons (Fsp3) is 0.250. The van der Waals surface area contributed by atoms with Crippen molar-refractivity contribution in [2.75, 3.05) is 39.3 Å². The SMILES string of the molecule is O=S(=O)(c1ccc(-c2ccccn2)s1)N1CCN(CCOC(c2ccccc2)c2ccc(F)c(F)c2)CC1. The maximum Gasteiger partial charge on any atom is 0.252 e. The van der Waals surface area contributed by atoms with E-state index in [0.29, 0.717) is 49.1 Å². The molecule has 6 nitrogen and oxygen atoms in total. The number of nitrogens with zero attached hydrogens (tertiary/aromatic N) is 3. The first-order valence-corrected chi connectivity index (χ1v) is 14.5. The maximum atomic E-state index is 13.9. The first-order valence-electron chi connectivity index (χ1n) is 12.3. The third kappa shape index (κ3) is 6.00. The van der Waals surface area contributed by atoms with Crippen molar-refractivity contribution in [2.45, 2.75) is 10.3 Å². The second kappa shape index (κ2) is 11.8. The lowest BCUT2D eigenvalue weighted by Crippen LogP contribution is -2.49. The second-order valence-corrected chi connectivity index (χ2v) is 12.2. The average Bonchev–Trinajstić information content (AvgIpc) is 3.46. The van der Waals surface area contributed by atoms with Crippen LogP contribution in [0.3, 0.4) is 0 Å². The fourth-order valence-electron chi connectivity index (χ4n) is 4.41. The molecule has 10 heteroatoms. The van der Waals surface area contributed by atoms with Crippen molar-refractivity contribution in [1.29, 1.82) is 0 Å². The second-order valence-electron chi connectivity index (χ2n) is 8.91. The quantitative estimate of drug-likeness (QED) is 0.284. The van der Waals surface area contributed by atoms with E-state index in [4.69, 9.17) is 4.74 Å². The molecular formula is C28H27F2N3O3S2. The lowest BCUT2D eigenvalue weighted by molar-refractivity contribution is 0.0525. The normalized spacial score (nSPS) is 15.9. The summed E-state index contributed by atoms with van der Waals surface area (Å²) in [6.07, 6.45) is 1.15. The number of halogens is 2. The predicted molar refractivity (Wildman–Crippen MR) is 143 cm³/mol. The number of piperazine rings is 1. The van der Waals surface area contributed by atoms with Crippen LogP contribution in [0, 0.1) is 11.6 Å². The molecule has 2 aromatic carbocycles. The first kappa shape index (κ1) is 26.6. The molecule has 38 heavy (non-hydrogen) atoms. The standard InChI is InChI=1S/C28H27F2N3O3S2/c29-23-10-9-22(20-24(23)30)28(21-6-2-1-3-7-21)36-19-18-32-14-16-33(17-15-32)38(34,35)27-12-11-26(37-27)25-8-4-5-13-31-25/h1-13,20,28H,14-19H2. The molecule has 0 aliphatic carbocycles. The third-order valence-electron chi connectivity index (χ3n) is 6.46. The van der Waals surface area contributed by atoms with E-state index in [1.807, 2.05) is 48.5 Å². The Labute approximate surface area is 225 Å². The van der Waals surface area contributed by atoms with E-state index in [2.05, 4.69) is 9.88 Å². The van der Waals surface area contributed by atoms with Crippen LogP contribution in [0.1, 0.15) is 17.2 Å². The van der Waals surface area contributed by atoms with Gasteiger partial charge in [-0.15, -0.1) is 11.3 Å². The van der Waals surface area contributed by atoms with Crippen molar-refractivity contribution < 1.29 is 21.9 Å². The van der Waals surface area contributed by atoms with Crippen LogP contribution >= 0.6 is 11.3 Å². The number of hydrogen-bond acceptors (Lipinski definition) is 6. The molecule has 1 saturated heterocycles. The summed E-state index contributed by atoms with van der Waals surface area (Å²) in [4.78, 5) is 7.26. The molecule has 0 radical (unpaired) electrons. The fourth-order valence-corrected chi connectivity index (χ4v) is 7.27. The van der Waals surface area contributed by atoms with Crippen LogP contribution in [0.15, 0.2) is 89.3 Å². The molecule has 2 aromatic heterocycles. The summed E-state index contributed by atoms with van der Waals surface area (Å²) in [5.41, 5.74) is 2.13. The molecule has 1 unspecified atom stereocenters. The molecule has 0 amide bonds. The molecule has 1 aliphatic heterocycles. The minimum atomic E-state index is -3.59. The summed E-state index contributed by atoms with van der Waals surface area (Å²) in [6, 6.07) is 22.2. The minimum absolute atomic E-state index is 0.312. The Hall–Kier alpha value is -3.02. The number of ether oxygens (including phenoxy) is 1. The monoisotopic (exact) mass is 555 g/mol. The van der Waals surface area contributed by atoms with Crippen molar-refractivity contribution in [2.24, 2.45) is 0 Å². The molecule has 1 aliphatic rings. The van der Waals surface area contributed by atoms with Gasteiger partial charge >= 0.3 is 0 Å². The van der Waals surface area contributed by atoms with Crippen LogP contribution in [0.5, 0.6) is 0 Å². The number of pyridine rings is 1. The van der Waals surface area contributed by atoms with Gasteiger partial charge in [0.1, 0.15) is 10.3 Å². The van der Waals surface area contributed by atoms with Crippen molar-refractivity contribution in [3.63, 3.8) is 0 Å². The third-order valence-corrected chi connectivity index (χ3v) is 9.94. The number of hydrogen-bond donors (Lipinski definition) is 0. The molecule has 0 spiro atoms. The van der Waals surface area contributed by atoms with Gasteiger partial charge in [0.15, 0.2) is 11.6 Å². The maximum absolute atomic E-state index is 13.9. The van der Waals surface area contributed by atoms with Gasteiger partial charge in [-0.25, -0.2) is 17.2 Å². The molecule has 0 bridgehead atoms. The van der Waals surface area contributed by atoms with Crippen LogP contribution in [-0.2, 0) is 14.8 Å². The van der Waals surface area contributed by atoms with Crippen molar-refractivity contribution in [3.05, 3.63) is 108 Å². The van der Waals surface area contributed by atoms with E-state index >= 15 is 0 Å². The van der Waals surface area contributed by atoms with Crippen molar-refractivity contribution in [3.8, 4) is 10.6 Å². The van der Waals surface area contributed by atoms with Gasteiger partial charge in [-0.3, -0.25) is 9.88 Å². The van der Waals surface area contributed by atoms with Crippen molar-refractivity contribution >= 4 is 21.4 Å². The van der Waals surface area contributed by atoms with Crippen molar-refractivity contribution in [1.82, 2.24) is 14.2 Å². The number of sulfonamides is 1. The van der Waals surface area contributed by atoms with Gasteiger partial charge in [-0.1, -0.05) is 42.5 Å². The highest BCUT2D eigenvalue weighted by molar-refractivity contribution is 7.91. The van der Waals surface area contributed by atoms with Crippen LogP contribution in [-0.4, -0.2) is 61.9 Å². The molecule has 5 rings (SSSR count). The zero-order chi connectivity index (χ0) is 26.5. The van der Waals surface area contributed by atoms with Gasteiger partial charge < -0.3 is 4.74 Å². The first-order chi connectivity index (χ1) is 18.4. The van der Waals surface area contributed by atoms with Gasteiger partial charge in [0.05, 0.1) is 17.2 Å². The Balaban J connectivity index is 1.18. The Morgan fingerprint density at radius 2 is 1.63 bits per heavy atom. The summed E-state index contributed by atoms with van der Waals surface area (Å²) in [6.45, 7) is 2.84. The Morgan fingerprint density at radius 3 is 2.34 bits per heavy atom. The summed E-state index contributed by atoms with van der Waals surface area (Å²) in [7, 11) is -3.59. The largest absolute Gasteiger partial charge is 0.367 e. The van der Waals surface area contributed by atoms with E-state index in [1.54, 1.807) is 18.3 Å². The molecule has 4 aromatic rings. The van der Waals surface area contributed by atoms with Gasteiger partial charge in [0, 0.05) is 38.9 Å². The Kier molecular flexibility index (Phi) is 8.25. The highest BCUT2D eigenvalue weighted by atomic mass is 32.2. The topological polar surface area (TPSA) is 62.7 Å². The molecule has 3 heterocycles. The molecular weight excluding hydrogens is 528 g/mol. The molecule has 0 saturated carbocycles. The minimum Gasteiger partial charge on any atom is -0.367 e. The highest BCUT2D eigenvalue weighted by Crippen LogP contribution is 2.32. The molecule has 1 atom stereocenters. The Bertz CT molecular complexity index is 1460. The van der Waals surface area contributed by atoms with Gasteiger partial charge in [0.25, 0.3) is 10.0 Å². The van der Waals surface area contributed by atoms with E-state index in [-0.39, 0.29) is 0 Å². The van der Waals surface area contributed by atoms with E-state index in [9.17, 15) is 17.2 Å². The highest BCUT2D eigenvalue weighted by Gasteiger charge is 2.30. The smallest absolute Gasteiger partial charge is 0.252 e. The summed E-state index contributed by atoms with van der Waals surface area (Å²) >= 11 is 1.23. The number of benzene rings is 2. The summed E-state index contributed by atoms with van der Waals surface area (Å²) < 4.78 is 61.8. The van der Waals surface area contributed by atoms with Gasteiger partial charge in [-0.2, -0.15) is 4.31 Å². The van der Waals surface area contributed by atoms with E-state index in [1.165, 1.54) is 27.8 Å². The van der Waals surface area contributed by atoms with E-state index in [0.717, 1.165) is 22.2 Å². The zero-order valence-corrected chi connectivity index (χ0v) is 22.2. The number of rotatable bonds is 9. The average molecular weight is 556 g/mol. The molecule has 198 valence electrons. The van der Waals surface area contributed by atoms with Crippen LogP contribution in [0.25, 0.3) is 10.6 Å². The lowest BCUT2D eigenvalue weighted by atomic mass is 10.0. The predicted octanol–water partition coefficient (Wildman–Crippen LogP) is 5.20. The van der Waals surface area contributed by atoms with Crippen LogP contribution in [0.2, 0.25) is 0 Å². The number of thiophene rings is 1. The lowest BCUT2D eigenvalue weighted by Gasteiger charge is -2.33.